The van der Waals surface area contributed by atoms with Crippen molar-refractivity contribution in [3.63, 3.8) is 0 Å². The van der Waals surface area contributed by atoms with Gasteiger partial charge in [0.05, 0.1) is 13.0 Å². The Bertz CT molecular complexity index is 345. The van der Waals surface area contributed by atoms with Gasteiger partial charge < -0.3 is 15.4 Å². The Balaban J connectivity index is 0.00000289. The molecule has 0 bridgehead atoms. The molecule has 0 spiro atoms. The summed E-state index contributed by atoms with van der Waals surface area (Å²) in [6, 6.07) is 4.05. The summed E-state index contributed by atoms with van der Waals surface area (Å²) in [6.07, 6.45) is 0.483. The Hall–Kier alpha value is -0.620. The summed E-state index contributed by atoms with van der Waals surface area (Å²) in [5.74, 6) is 0.0837. The predicted molar refractivity (Wildman–Crippen MR) is 77.8 cm³/mol. The summed E-state index contributed by atoms with van der Waals surface area (Å²) < 4.78 is 4.90. The van der Waals surface area contributed by atoms with E-state index in [4.69, 9.17) is 4.74 Å². The number of methoxy groups -OCH3 is 1. The van der Waals surface area contributed by atoms with Gasteiger partial charge in [0.15, 0.2) is 0 Å². The number of rotatable bonds is 8. The smallest absolute Gasteiger partial charge is 0.225 e. The van der Waals surface area contributed by atoms with E-state index in [9.17, 15) is 4.79 Å². The molecule has 1 aromatic heterocycles. The number of thiophene rings is 1. The average molecular weight is 293 g/mol. The van der Waals surface area contributed by atoms with E-state index in [1.54, 1.807) is 18.4 Å². The zero-order valence-electron chi connectivity index (χ0n) is 10.8. The molecule has 104 valence electrons. The molecule has 0 saturated carbocycles. The second-order valence-electron chi connectivity index (χ2n) is 3.78. The van der Waals surface area contributed by atoms with Gasteiger partial charge in [0.1, 0.15) is 0 Å². The molecule has 2 N–H and O–H groups in total. The number of ether oxygens (including phenoxy) is 1. The monoisotopic (exact) mass is 292 g/mol. The van der Waals surface area contributed by atoms with Crippen LogP contribution in [0.25, 0.3) is 0 Å². The van der Waals surface area contributed by atoms with Crippen molar-refractivity contribution < 1.29 is 9.53 Å². The van der Waals surface area contributed by atoms with Crippen LogP contribution in [0.2, 0.25) is 0 Å². The molecule has 1 rings (SSSR count). The van der Waals surface area contributed by atoms with Crippen molar-refractivity contribution in [2.45, 2.75) is 13.3 Å². The lowest BCUT2D eigenvalue weighted by atomic mass is 10.3. The van der Waals surface area contributed by atoms with Crippen molar-refractivity contribution >= 4 is 29.7 Å². The quantitative estimate of drug-likeness (QED) is 0.712. The Morgan fingerprint density at radius 1 is 1.33 bits per heavy atom. The van der Waals surface area contributed by atoms with Crippen LogP contribution in [0.5, 0.6) is 0 Å². The third-order valence-corrected chi connectivity index (χ3v) is 3.24. The van der Waals surface area contributed by atoms with Crippen molar-refractivity contribution in [1.29, 1.82) is 0 Å². The molecule has 0 atom stereocenters. The molecule has 0 aliphatic rings. The van der Waals surface area contributed by atoms with Crippen molar-refractivity contribution in [2.75, 3.05) is 33.4 Å². The van der Waals surface area contributed by atoms with Crippen molar-refractivity contribution in [3.8, 4) is 0 Å². The van der Waals surface area contributed by atoms with Crippen LogP contribution in [-0.4, -0.2) is 39.3 Å². The van der Waals surface area contributed by atoms with Gasteiger partial charge in [-0.25, -0.2) is 0 Å². The maximum absolute atomic E-state index is 11.6. The zero-order valence-corrected chi connectivity index (χ0v) is 12.5. The summed E-state index contributed by atoms with van der Waals surface area (Å²) in [5.41, 5.74) is 0. The van der Waals surface area contributed by atoms with Crippen molar-refractivity contribution in [2.24, 2.45) is 0 Å². The first-order chi connectivity index (χ1) is 8.22. The van der Waals surface area contributed by atoms with Crippen LogP contribution in [0.3, 0.4) is 0 Å². The highest BCUT2D eigenvalue weighted by molar-refractivity contribution is 7.12. The maximum atomic E-state index is 11.6. The second kappa shape index (κ2) is 10.3. The number of nitrogens with one attached hydrogen (secondary N) is 2. The Morgan fingerprint density at radius 2 is 2.11 bits per heavy atom. The Kier molecular flexibility index (Phi) is 9.96. The number of halogens is 1. The van der Waals surface area contributed by atoms with Crippen LogP contribution in [0, 0.1) is 6.92 Å². The standard InChI is InChI=1S/C12H20N2O2S.ClH/c1-10-3-4-11(17-10)9-12(15)14-6-5-13-7-8-16-2;/h3-4,13H,5-9H2,1-2H3,(H,14,15);1H. The van der Waals surface area contributed by atoms with E-state index < -0.39 is 0 Å². The normalized spacial score (nSPS) is 9.89. The fourth-order valence-corrected chi connectivity index (χ4v) is 2.28. The number of carbonyl (C=O) groups is 1. The van der Waals surface area contributed by atoms with E-state index in [0.717, 1.165) is 18.0 Å². The molecule has 6 heteroatoms. The van der Waals surface area contributed by atoms with Crippen molar-refractivity contribution in [1.82, 2.24) is 10.6 Å². The minimum absolute atomic E-state index is 0. The minimum atomic E-state index is 0. The van der Waals surface area contributed by atoms with E-state index >= 15 is 0 Å². The number of amides is 1. The highest BCUT2D eigenvalue weighted by Gasteiger charge is 2.04. The molecule has 0 saturated heterocycles. The van der Waals surface area contributed by atoms with Gasteiger partial charge in [-0.15, -0.1) is 23.7 Å². The number of aryl methyl sites for hydroxylation is 1. The number of hydrogen-bond donors (Lipinski definition) is 2. The number of hydrogen-bond acceptors (Lipinski definition) is 4. The first-order valence-electron chi connectivity index (χ1n) is 5.74. The third-order valence-electron chi connectivity index (χ3n) is 2.24. The summed E-state index contributed by atoms with van der Waals surface area (Å²) in [5, 5.41) is 6.05. The Morgan fingerprint density at radius 3 is 2.72 bits per heavy atom. The molecular weight excluding hydrogens is 272 g/mol. The summed E-state index contributed by atoms with van der Waals surface area (Å²) >= 11 is 1.67. The molecule has 0 aliphatic heterocycles. The van der Waals surface area contributed by atoms with Crippen LogP contribution >= 0.6 is 23.7 Å². The molecule has 1 amide bonds. The lowest BCUT2D eigenvalue weighted by Gasteiger charge is -2.05. The molecule has 0 aliphatic carbocycles. The maximum Gasteiger partial charge on any atom is 0.225 e. The van der Waals surface area contributed by atoms with E-state index in [0.29, 0.717) is 19.6 Å². The van der Waals surface area contributed by atoms with Crippen LogP contribution < -0.4 is 10.6 Å². The highest BCUT2D eigenvalue weighted by Crippen LogP contribution is 2.15. The lowest BCUT2D eigenvalue weighted by Crippen LogP contribution is -2.33. The van der Waals surface area contributed by atoms with Gasteiger partial charge in [-0.2, -0.15) is 0 Å². The molecule has 0 unspecified atom stereocenters. The van der Waals surface area contributed by atoms with Gasteiger partial charge in [0, 0.05) is 36.5 Å². The molecule has 4 nitrogen and oxygen atoms in total. The van der Waals surface area contributed by atoms with E-state index in [-0.39, 0.29) is 18.3 Å². The van der Waals surface area contributed by atoms with Crippen LogP contribution in [0.1, 0.15) is 9.75 Å². The first-order valence-corrected chi connectivity index (χ1v) is 6.55. The second-order valence-corrected chi connectivity index (χ2v) is 5.15. The van der Waals surface area contributed by atoms with E-state index in [2.05, 4.69) is 10.6 Å². The SMILES string of the molecule is COCCNCCNC(=O)Cc1ccc(C)s1.Cl. The van der Waals surface area contributed by atoms with Gasteiger partial charge in [-0.3, -0.25) is 4.79 Å². The Labute approximate surface area is 119 Å². The zero-order chi connectivity index (χ0) is 12.5. The van der Waals surface area contributed by atoms with Gasteiger partial charge in [0.2, 0.25) is 5.91 Å². The molecule has 1 aromatic rings. The fourth-order valence-electron chi connectivity index (χ4n) is 1.39. The van der Waals surface area contributed by atoms with Gasteiger partial charge >= 0.3 is 0 Å². The van der Waals surface area contributed by atoms with E-state index in [1.165, 1.54) is 4.88 Å². The highest BCUT2D eigenvalue weighted by atomic mass is 35.5. The average Bonchev–Trinajstić information content (AvgIpc) is 2.69. The van der Waals surface area contributed by atoms with Crippen LogP contribution in [0.15, 0.2) is 12.1 Å². The van der Waals surface area contributed by atoms with Crippen molar-refractivity contribution in [3.05, 3.63) is 21.9 Å². The predicted octanol–water partition coefficient (Wildman–Crippen LogP) is 1.37. The van der Waals surface area contributed by atoms with Gasteiger partial charge in [0.25, 0.3) is 0 Å². The molecule has 1 heterocycles. The topological polar surface area (TPSA) is 50.4 Å². The fraction of sp³-hybridized carbons (Fsp3) is 0.583. The largest absolute Gasteiger partial charge is 0.383 e. The first kappa shape index (κ1) is 17.4. The summed E-state index contributed by atoms with van der Waals surface area (Å²) in [4.78, 5) is 13.9. The van der Waals surface area contributed by atoms with Gasteiger partial charge in [-0.05, 0) is 19.1 Å². The lowest BCUT2D eigenvalue weighted by molar-refractivity contribution is -0.120. The minimum Gasteiger partial charge on any atom is -0.383 e. The molecule has 0 fully saturated rings. The van der Waals surface area contributed by atoms with Crippen LogP contribution in [0.4, 0.5) is 0 Å². The molecule has 0 radical (unpaired) electrons. The summed E-state index contributed by atoms with van der Waals surface area (Å²) in [6.45, 7) is 5.00. The summed E-state index contributed by atoms with van der Waals surface area (Å²) in [7, 11) is 1.67. The van der Waals surface area contributed by atoms with E-state index in [1.807, 2.05) is 19.1 Å². The van der Waals surface area contributed by atoms with Crippen LogP contribution in [-0.2, 0) is 16.0 Å². The molecule has 0 aromatic carbocycles. The van der Waals surface area contributed by atoms with Gasteiger partial charge in [-0.1, -0.05) is 0 Å². The number of carbonyl (C=O) groups excluding carboxylic acids is 1. The molecule has 18 heavy (non-hydrogen) atoms. The third kappa shape index (κ3) is 7.66. The molecular formula is C12H21ClN2O2S.